The van der Waals surface area contributed by atoms with Crippen molar-refractivity contribution in [2.24, 2.45) is 0 Å². The summed E-state index contributed by atoms with van der Waals surface area (Å²) in [4.78, 5) is 14.6. The minimum absolute atomic E-state index is 0.118. The predicted octanol–water partition coefficient (Wildman–Crippen LogP) is 0.615. The number of aromatic nitrogens is 2. The Morgan fingerprint density at radius 2 is 2.31 bits per heavy atom. The highest BCUT2D eigenvalue weighted by Gasteiger charge is 2.09. The highest BCUT2D eigenvalue weighted by molar-refractivity contribution is 5.87. The van der Waals surface area contributed by atoms with E-state index in [4.69, 9.17) is 10.8 Å². The average molecular weight is 177 g/mol. The third-order valence-corrected chi connectivity index (χ3v) is 1.80. The number of carboxylic acid groups (broad SMARTS) is 1. The minimum Gasteiger partial charge on any atom is -0.477 e. The summed E-state index contributed by atoms with van der Waals surface area (Å²) in [5.41, 5.74) is 6.30. The van der Waals surface area contributed by atoms with Crippen LogP contribution in [0.4, 0.5) is 5.95 Å². The largest absolute Gasteiger partial charge is 0.477 e. The molecule has 5 heteroatoms. The number of carbonyl (C=O) groups is 1. The third kappa shape index (κ3) is 1.01. The topological polar surface area (TPSA) is 80.6 Å². The highest BCUT2D eigenvalue weighted by Crippen LogP contribution is 2.11. The van der Waals surface area contributed by atoms with Crippen molar-refractivity contribution in [3.63, 3.8) is 0 Å². The van der Waals surface area contributed by atoms with E-state index in [1.165, 1.54) is 16.7 Å². The summed E-state index contributed by atoms with van der Waals surface area (Å²) in [6.07, 6.45) is 1.53. The maximum atomic E-state index is 10.8. The molecule has 0 bridgehead atoms. The van der Waals surface area contributed by atoms with Crippen molar-refractivity contribution in [3.8, 4) is 0 Å². The number of nitrogens with zero attached hydrogens (tertiary/aromatic N) is 2. The van der Waals surface area contributed by atoms with Crippen LogP contribution in [0.5, 0.6) is 0 Å². The van der Waals surface area contributed by atoms with Crippen molar-refractivity contribution in [1.29, 1.82) is 0 Å². The lowest BCUT2D eigenvalue weighted by atomic mass is 10.3. The monoisotopic (exact) mass is 177 g/mol. The van der Waals surface area contributed by atoms with Gasteiger partial charge in [-0.15, -0.1) is 0 Å². The molecule has 0 radical (unpaired) electrons. The van der Waals surface area contributed by atoms with E-state index in [1.54, 1.807) is 12.1 Å². The second-order valence-corrected chi connectivity index (χ2v) is 2.59. The maximum Gasteiger partial charge on any atom is 0.352 e. The molecule has 0 spiro atoms. The van der Waals surface area contributed by atoms with Gasteiger partial charge in [0, 0.05) is 0 Å². The van der Waals surface area contributed by atoms with Crippen LogP contribution in [0.25, 0.3) is 5.52 Å². The second-order valence-electron chi connectivity index (χ2n) is 2.59. The number of nitrogens with two attached hydrogens (primary N) is 1. The van der Waals surface area contributed by atoms with E-state index in [2.05, 4.69) is 4.98 Å². The van der Waals surface area contributed by atoms with Gasteiger partial charge >= 0.3 is 5.97 Å². The number of imidazole rings is 1. The van der Waals surface area contributed by atoms with E-state index < -0.39 is 5.97 Å². The summed E-state index contributed by atoms with van der Waals surface area (Å²) in [7, 11) is 0. The van der Waals surface area contributed by atoms with E-state index in [0.717, 1.165) is 0 Å². The third-order valence-electron chi connectivity index (χ3n) is 1.80. The highest BCUT2D eigenvalue weighted by atomic mass is 16.4. The number of fused-ring (bicyclic) bond motifs is 1. The zero-order valence-corrected chi connectivity index (χ0v) is 6.64. The number of nitrogen functional groups attached to an aromatic ring is 1. The Kier molecular flexibility index (Phi) is 1.45. The van der Waals surface area contributed by atoms with Gasteiger partial charge in [0.05, 0.1) is 11.7 Å². The second kappa shape index (κ2) is 2.48. The fourth-order valence-electron chi connectivity index (χ4n) is 1.24. The van der Waals surface area contributed by atoms with Crippen molar-refractivity contribution >= 4 is 17.4 Å². The van der Waals surface area contributed by atoms with E-state index in [0.29, 0.717) is 5.52 Å². The van der Waals surface area contributed by atoms with E-state index in [1.807, 2.05) is 0 Å². The van der Waals surface area contributed by atoms with E-state index in [-0.39, 0.29) is 11.6 Å². The number of hydrogen-bond acceptors (Lipinski definition) is 3. The van der Waals surface area contributed by atoms with Crippen LogP contribution in [0, 0.1) is 0 Å². The summed E-state index contributed by atoms with van der Waals surface area (Å²) in [6.45, 7) is 0. The van der Waals surface area contributed by atoms with Crippen LogP contribution in [-0.4, -0.2) is 20.5 Å². The molecule has 0 amide bonds. The smallest absolute Gasteiger partial charge is 0.352 e. The lowest BCUT2D eigenvalue weighted by Crippen LogP contribution is -2.06. The quantitative estimate of drug-likeness (QED) is 0.668. The van der Waals surface area contributed by atoms with E-state index in [9.17, 15) is 4.79 Å². The van der Waals surface area contributed by atoms with Gasteiger partial charge in [0.1, 0.15) is 5.69 Å². The van der Waals surface area contributed by atoms with Crippen LogP contribution >= 0.6 is 0 Å². The molecular weight excluding hydrogens is 170 g/mol. The van der Waals surface area contributed by atoms with Crippen molar-refractivity contribution in [2.75, 3.05) is 5.73 Å². The fraction of sp³-hybridized carbons (Fsp3) is 0. The maximum absolute atomic E-state index is 10.8. The lowest BCUT2D eigenvalue weighted by molar-refractivity contribution is 0.0689. The summed E-state index contributed by atoms with van der Waals surface area (Å²) < 4.78 is 1.39. The number of aromatic carboxylic acids is 1. The summed E-state index contributed by atoms with van der Waals surface area (Å²) >= 11 is 0. The van der Waals surface area contributed by atoms with Crippen molar-refractivity contribution < 1.29 is 9.90 Å². The Bertz CT molecular complexity index is 475. The predicted molar refractivity (Wildman–Crippen MR) is 46.6 cm³/mol. The zero-order valence-electron chi connectivity index (χ0n) is 6.64. The van der Waals surface area contributed by atoms with Crippen LogP contribution in [0.1, 0.15) is 10.5 Å². The summed E-state index contributed by atoms with van der Waals surface area (Å²) in [5.74, 6) is -0.830. The molecule has 13 heavy (non-hydrogen) atoms. The Hall–Kier alpha value is -2.04. The zero-order chi connectivity index (χ0) is 9.42. The Balaban J connectivity index is 2.88. The molecule has 0 saturated carbocycles. The molecule has 0 fully saturated rings. The van der Waals surface area contributed by atoms with Crippen LogP contribution in [-0.2, 0) is 0 Å². The Labute approximate surface area is 73.4 Å². The molecule has 0 aliphatic carbocycles. The molecule has 0 aliphatic rings. The first-order valence-corrected chi connectivity index (χ1v) is 3.65. The minimum atomic E-state index is -1.02. The molecule has 2 heterocycles. The van der Waals surface area contributed by atoms with Crippen molar-refractivity contribution in [3.05, 3.63) is 30.1 Å². The van der Waals surface area contributed by atoms with Gasteiger partial charge in [0.15, 0.2) is 0 Å². The molecular formula is C8H7N3O2. The molecule has 0 aromatic carbocycles. The molecule has 5 nitrogen and oxygen atoms in total. The summed E-state index contributed by atoms with van der Waals surface area (Å²) in [6, 6.07) is 4.88. The number of hydrogen-bond donors (Lipinski definition) is 2. The fourth-order valence-corrected chi connectivity index (χ4v) is 1.24. The van der Waals surface area contributed by atoms with Crippen LogP contribution in [0.2, 0.25) is 0 Å². The number of carboxylic acids is 1. The first-order valence-electron chi connectivity index (χ1n) is 3.65. The van der Waals surface area contributed by atoms with Gasteiger partial charge in [-0.3, -0.25) is 4.40 Å². The van der Waals surface area contributed by atoms with Gasteiger partial charge in [-0.05, 0) is 12.1 Å². The van der Waals surface area contributed by atoms with E-state index >= 15 is 0 Å². The average Bonchev–Trinajstić information content (AvgIpc) is 2.48. The molecule has 0 unspecified atom stereocenters. The summed E-state index contributed by atoms with van der Waals surface area (Å²) in [5, 5.41) is 8.82. The normalized spacial score (nSPS) is 10.5. The molecule has 2 aromatic rings. The SMILES string of the molecule is Nc1ncc2cccc(C(=O)O)n12. The van der Waals surface area contributed by atoms with Gasteiger partial charge in [0.2, 0.25) is 5.95 Å². The molecule has 66 valence electrons. The first kappa shape index (κ1) is 7.60. The van der Waals surface area contributed by atoms with Gasteiger partial charge in [-0.2, -0.15) is 0 Å². The van der Waals surface area contributed by atoms with Crippen LogP contribution in [0.15, 0.2) is 24.4 Å². The van der Waals surface area contributed by atoms with Gasteiger partial charge in [0.25, 0.3) is 0 Å². The Morgan fingerprint density at radius 3 is 3.00 bits per heavy atom. The van der Waals surface area contributed by atoms with Gasteiger partial charge in [-0.25, -0.2) is 9.78 Å². The van der Waals surface area contributed by atoms with Crippen LogP contribution < -0.4 is 5.73 Å². The Morgan fingerprint density at radius 1 is 1.54 bits per heavy atom. The number of anilines is 1. The molecule has 0 saturated heterocycles. The van der Waals surface area contributed by atoms with Gasteiger partial charge in [-0.1, -0.05) is 6.07 Å². The number of rotatable bonds is 1. The standard InChI is InChI=1S/C8H7N3O2/c9-8-10-4-5-2-1-3-6(7(12)13)11(5)8/h1-4H,(H2,9,10)(H,12,13). The van der Waals surface area contributed by atoms with Gasteiger partial charge < -0.3 is 10.8 Å². The molecule has 2 aromatic heterocycles. The molecule has 0 atom stereocenters. The molecule has 2 rings (SSSR count). The van der Waals surface area contributed by atoms with Crippen molar-refractivity contribution in [1.82, 2.24) is 9.38 Å². The molecule has 3 N–H and O–H groups in total. The molecule has 0 aliphatic heterocycles. The van der Waals surface area contributed by atoms with Crippen molar-refractivity contribution in [2.45, 2.75) is 0 Å². The lowest BCUT2D eigenvalue weighted by Gasteiger charge is -2.00. The van der Waals surface area contributed by atoms with Crippen LogP contribution in [0.3, 0.4) is 0 Å². The first-order chi connectivity index (χ1) is 6.20. The number of pyridine rings is 1.